The van der Waals surface area contributed by atoms with Crippen molar-refractivity contribution in [3.63, 3.8) is 0 Å². The van der Waals surface area contributed by atoms with Crippen LogP contribution in [0.3, 0.4) is 0 Å². The number of halogens is 3. The molecule has 0 fully saturated rings. The molecule has 0 saturated carbocycles. The number of nitrogens with one attached hydrogen (secondary N) is 1. The molecule has 19 heavy (non-hydrogen) atoms. The zero-order chi connectivity index (χ0) is 13.9. The van der Waals surface area contributed by atoms with Gasteiger partial charge in [0, 0.05) is 10.4 Å². The highest BCUT2D eigenvalue weighted by Crippen LogP contribution is 2.34. The van der Waals surface area contributed by atoms with Gasteiger partial charge in [-0.2, -0.15) is 0 Å². The summed E-state index contributed by atoms with van der Waals surface area (Å²) in [4.78, 5) is 0.806. The van der Waals surface area contributed by atoms with Gasteiger partial charge in [-0.15, -0.1) is 24.5 Å². The summed E-state index contributed by atoms with van der Waals surface area (Å²) in [5.41, 5.74) is 2.85. The quantitative estimate of drug-likeness (QED) is 0.671. The zero-order valence-electron chi connectivity index (χ0n) is 9.65. The first-order chi connectivity index (χ1) is 9.01. The summed E-state index contributed by atoms with van der Waals surface area (Å²) in [5.74, 6) is 5.19. The minimum Gasteiger partial charge on any atom is -0.405 e. The summed E-state index contributed by atoms with van der Waals surface area (Å²) in [7, 11) is 0. The second-order valence-electron chi connectivity index (χ2n) is 3.70. The molecule has 0 amide bonds. The molecule has 0 saturated heterocycles. The number of benzene rings is 1. The molecule has 2 aromatic rings. The van der Waals surface area contributed by atoms with Gasteiger partial charge in [0.05, 0.1) is 6.04 Å². The maximum absolute atomic E-state index is 12.4. The van der Waals surface area contributed by atoms with Crippen LogP contribution in [0.15, 0.2) is 41.8 Å². The molecule has 0 aliphatic carbocycles. The lowest BCUT2D eigenvalue weighted by atomic mass is 10.0. The van der Waals surface area contributed by atoms with E-state index in [1.54, 1.807) is 24.3 Å². The molecular weight excluding hydrogens is 277 g/mol. The Hall–Kier alpha value is -1.57. The molecular formula is C12H11F3N2OS. The van der Waals surface area contributed by atoms with Crippen molar-refractivity contribution in [1.29, 1.82) is 0 Å². The molecule has 0 radical (unpaired) electrons. The summed E-state index contributed by atoms with van der Waals surface area (Å²) < 4.78 is 41.1. The number of hydrogen-bond donors (Lipinski definition) is 2. The van der Waals surface area contributed by atoms with Gasteiger partial charge in [-0.05, 0) is 17.5 Å². The van der Waals surface area contributed by atoms with Crippen molar-refractivity contribution in [2.75, 3.05) is 0 Å². The van der Waals surface area contributed by atoms with Gasteiger partial charge in [0.1, 0.15) is 5.75 Å². The SMILES string of the molecule is NNC(c1cccs1)c1ccccc1OC(F)(F)F. The third-order valence-corrected chi connectivity index (χ3v) is 3.39. The van der Waals surface area contributed by atoms with Gasteiger partial charge in [-0.1, -0.05) is 24.3 Å². The monoisotopic (exact) mass is 288 g/mol. The number of nitrogens with two attached hydrogens (primary N) is 1. The van der Waals surface area contributed by atoms with Crippen molar-refractivity contribution in [2.24, 2.45) is 5.84 Å². The van der Waals surface area contributed by atoms with E-state index in [0.29, 0.717) is 5.56 Å². The van der Waals surface area contributed by atoms with Gasteiger partial charge in [-0.25, -0.2) is 5.43 Å². The van der Waals surface area contributed by atoms with Gasteiger partial charge < -0.3 is 4.74 Å². The summed E-state index contributed by atoms with van der Waals surface area (Å²) in [5, 5.41) is 1.83. The summed E-state index contributed by atoms with van der Waals surface area (Å²) in [6.07, 6.45) is -4.73. The van der Waals surface area contributed by atoms with Gasteiger partial charge in [-0.3, -0.25) is 5.84 Å². The van der Waals surface area contributed by atoms with Crippen LogP contribution in [0.5, 0.6) is 5.75 Å². The molecule has 1 aromatic carbocycles. The second kappa shape index (κ2) is 5.60. The molecule has 1 heterocycles. The van der Waals surface area contributed by atoms with E-state index in [1.807, 2.05) is 5.38 Å². The highest BCUT2D eigenvalue weighted by molar-refractivity contribution is 7.10. The Morgan fingerprint density at radius 2 is 1.89 bits per heavy atom. The minimum atomic E-state index is -4.73. The fraction of sp³-hybridized carbons (Fsp3) is 0.167. The number of thiophene rings is 1. The van der Waals surface area contributed by atoms with Gasteiger partial charge >= 0.3 is 6.36 Å². The number of hydrazine groups is 1. The molecule has 0 aliphatic rings. The van der Waals surface area contributed by atoms with Crippen LogP contribution in [0.1, 0.15) is 16.5 Å². The molecule has 0 bridgehead atoms. The molecule has 3 N–H and O–H groups in total. The fourth-order valence-electron chi connectivity index (χ4n) is 1.72. The largest absolute Gasteiger partial charge is 0.573 e. The van der Waals surface area contributed by atoms with Crippen molar-refractivity contribution in [3.8, 4) is 5.75 Å². The number of para-hydroxylation sites is 1. The maximum atomic E-state index is 12.4. The lowest BCUT2D eigenvalue weighted by molar-refractivity contribution is -0.275. The first-order valence-corrected chi connectivity index (χ1v) is 6.23. The van der Waals surface area contributed by atoms with Crippen LogP contribution in [0.4, 0.5) is 13.2 Å². The summed E-state index contributed by atoms with van der Waals surface area (Å²) in [6.45, 7) is 0. The zero-order valence-corrected chi connectivity index (χ0v) is 10.5. The highest BCUT2D eigenvalue weighted by atomic mass is 32.1. The first kappa shape index (κ1) is 13.9. The summed E-state index contributed by atoms with van der Waals surface area (Å²) >= 11 is 1.40. The van der Waals surface area contributed by atoms with Crippen LogP contribution in [0.2, 0.25) is 0 Å². The van der Waals surface area contributed by atoms with E-state index in [-0.39, 0.29) is 5.75 Å². The number of hydrogen-bond acceptors (Lipinski definition) is 4. The molecule has 7 heteroatoms. The predicted octanol–water partition coefficient (Wildman–Crippen LogP) is 3.20. The van der Waals surface area contributed by atoms with E-state index < -0.39 is 12.4 Å². The van der Waals surface area contributed by atoms with Crippen LogP contribution in [-0.2, 0) is 0 Å². The lowest BCUT2D eigenvalue weighted by Crippen LogP contribution is -2.29. The number of alkyl halides is 3. The van der Waals surface area contributed by atoms with Crippen LogP contribution in [0.25, 0.3) is 0 Å². The van der Waals surface area contributed by atoms with Gasteiger partial charge in [0.2, 0.25) is 0 Å². The Kier molecular flexibility index (Phi) is 4.08. The Morgan fingerprint density at radius 3 is 2.47 bits per heavy atom. The Bertz CT molecular complexity index is 528. The van der Waals surface area contributed by atoms with Crippen molar-refractivity contribution >= 4 is 11.3 Å². The average Bonchev–Trinajstić information content (AvgIpc) is 2.84. The molecule has 102 valence electrons. The van der Waals surface area contributed by atoms with Gasteiger partial charge in [0.25, 0.3) is 0 Å². The predicted molar refractivity (Wildman–Crippen MR) is 66.6 cm³/mol. The van der Waals surface area contributed by atoms with Crippen LogP contribution in [0, 0.1) is 0 Å². The normalized spacial score (nSPS) is 13.3. The molecule has 3 nitrogen and oxygen atoms in total. The van der Waals surface area contributed by atoms with Crippen molar-refractivity contribution < 1.29 is 17.9 Å². The third-order valence-electron chi connectivity index (χ3n) is 2.45. The number of ether oxygens (including phenoxy) is 1. The molecule has 1 unspecified atom stereocenters. The fourth-order valence-corrected chi connectivity index (χ4v) is 2.52. The molecule has 0 aliphatic heterocycles. The highest BCUT2D eigenvalue weighted by Gasteiger charge is 2.33. The van der Waals surface area contributed by atoms with E-state index in [0.717, 1.165) is 4.88 Å². The van der Waals surface area contributed by atoms with E-state index in [2.05, 4.69) is 10.2 Å². The Morgan fingerprint density at radius 1 is 1.16 bits per heavy atom. The maximum Gasteiger partial charge on any atom is 0.573 e. The molecule has 0 spiro atoms. The third kappa shape index (κ3) is 3.46. The first-order valence-electron chi connectivity index (χ1n) is 5.35. The van der Waals surface area contributed by atoms with E-state index >= 15 is 0 Å². The standard InChI is InChI=1S/C12H11F3N2OS/c13-12(14,15)18-9-5-2-1-4-8(9)11(17-16)10-6-3-7-19-10/h1-7,11,17H,16H2. The minimum absolute atomic E-state index is 0.258. The molecule has 2 rings (SSSR count). The number of rotatable bonds is 4. The van der Waals surface area contributed by atoms with Crippen LogP contribution in [-0.4, -0.2) is 6.36 Å². The van der Waals surface area contributed by atoms with Crippen molar-refractivity contribution in [3.05, 3.63) is 52.2 Å². The van der Waals surface area contributed by atoms with E-state index in [1.165, 1.54) is 23.5 Å². The molecule has 1 atom stereocenters. The molecule has 1 aromatic heterocycles. The lowest BCUT2D eigenvalue weighted by Gasteiger charge is -2.19. The smallest absolute Gasteiger partial charge is 0.405 e. The topological polar surface area (TPSA) is 47.3 Å². The van der Waals surface area contributed by atoms with E-state index in [4.69, 9.17) is 5.84 Å². The van der Waals surface area contributed by atoms with Crippen molar-refractivity contribution in [1.82, 2.24) is 5.43 Å². The van der Waals surface area contributed by atoms with Crippen LogP contribution < -0.4 is 16.0 Å². The van der Waals surface area contributed by atoms with E-state index in [9.17, 15) is 13.2 Å². The van der Waals surface area contributed by atoms with Crippen molar-refractivity contribution in [2.45, 2.75) is 12.4 Å². The average molecular weight is 288 g/mol. The second-order valence-corrected chi connectivity index (χ2v) is 4.68. The van der Waals surface area contributed by atoms with Gasteiger partial charge in [0.15, 0.2) is 0 Å². The Balaban J connectivity index is 2.38. The summed E-state index contributed by atoms with van der Waals surface area (Å²) in [6, 6.07) is 8.98. The Labute approximate surface area is 111 Å². The van der Waals surface area contributed by atoms with Crippen LogP contribution >= 0.6 is 11.3 Å².